The van der Waals surface area contributed by atoms with E-state index in [0.29, 0.717) is 5.70 Å². The molecule has 1 aliphatic rings. The molecule has 1 N–H and O–H groups in total. The van der Waals surface area contributed by atoms with Crippen LogP contribution in [0.15, 0.2) is 36.5 Å². The van der Waals surface area contributed by atoms with Crippen molar-refractivity contribution in [2.75, 3.05) is 5.32 Å². The minimum atomic E-state index is -0.381. The Morgan fingerprint density at radius 2 is 1.88 bits per heavy atom. The number of rotatable bonds is 4. The van der Waals surface area contributed by atoms with Crippen molar-refractivity contribution in [3.05, 3.63) is 42.4 Å². The highest BCUT2D eigenvalue weighted by Crippen LogP contribution is 2.49. The van der Waals surface area contributed by atoms with Crippen LogP contribution in [0.25, 0.3) is 0 Å². The summed E-state index contributed by atoms with van der Waals surface area (Å²) in [6, 6.07) is 6.00. The minimum absolute atomic E-state index is 0.275. The van der Waals surface area contributed by atoms with Gasteiger partial charge in [-0.25, -0.2) is 4.39 Å². The average Bonchev–Trinajstić information content (AvgIpc) is 3.15. The van der Waals surface area contributed by atoms with Gasteiger partial charge in [-0.2, -0.15) is 0 Å². The van der Waals surface area contributed by atoms with Crippen LogP contribution in [0.1, 0.15) is 26.7 Å². The maximum absolute atomic E-state index is 12.6. The molecule has 0 aromatic heterocycles. The molecule has 0 saturated heterocycles. The SMILES string of the molecule is C=C(Nc1ccc(F)cc1)C1(C=O)CC1.CC. The van der Waals surface area contributed by atoms with Gasteiger partial charge in [0.05, 0.1) is 5.41 Å². The summed E-state index contributed by atoms with van der Waals surface area (Å²) >= 11 is 0. The summed E-state index contributed by atoms with van der Waals surface area (Å²) in [5.41, 5.74) is 1.08. The van der Waals surface area contributed by atoms with Crippen molar-refractivity contribution in [1.29, 1.82) is 0 Å². The third-order valence-electron chi connectivity index (χ3n) is 2.75. The normalized spacial score (nSPS) is 15.2. The molecule has 0 amide bonds. The third kappa shape index (κ3) is 3.16. The van der Waals surface area contributed by atoms with E-state index in [0.717, 1.165) is 24.8 Å². The van der Waals surface area contributed by atoms with E-state index in [-0.39, 0.29) is 11.2 Å². The van der Waals surface area contributed by atoms with E-state index in [4.69, 9.17) is 0 Å². The van der Waals surface area contributed by atoms with Crippen molar-refractivity contribution >= 4 is 12.0 Å². The molecular weight excluding hydrogens is 217 g/mol. The van der Waals surface area contributed by atoms with Gasteiger partial charge in [-0.15, -0.1) is 0 Å². The number of anilines is 1. The maximum atomic E-state index is 12.6. The molecule has 1 fully saturated rings. The third-order valence-corrected chi connectivity index (χ3v) is 2.75. The van der Waals surface area contributed by atoms with E-state index in [1.807, 2.05) is 13.8 Å². The van der Waals surface area contributed by atoms with Gasteiger partial charge in [-0.1, -0.05) is 20.4 Å². The molecule has 1 aliphatic carbocycles. The molecular formula is C14H18FNO. The molecule has 0 aliphatic heterocycles. The number of halogens is 1. The molecule has 2 rings (SSSR count). The monoisotopic (exact) mass is 235 g/mol. The lowest BCUT2D eigenvalue weighted by molar-refractivity contribution is -0.111. The van der Waals surface area contributed by atoms with Crippen LogP contribution in [0.4, 0.5) is 10.1 Å². The van der Waals surface area contributed by atoms with Gasteiger partial charge in [0.2, 0.25) is 0 Å². The first-order valence-corrected chi connectivity index (χ1v) is 5.85. The van der Waals surface area contributed by atoms with Crippen molar-refractivity contribution in [1.82, 2.24) is 0 Å². The Kier molecular flexibility index (Phi) is 4.44. The van der Waals surface area contributed by atoms with Crippen LogP contribution in [0.2, 0.25) is 0 Å². The highest BCUT2D eigenvalue weighted by Gasteiger charge is 2.45. The summed E-state index contributed by atoms with van der Waals surface area (Å²) in [7, 11) is 0. The van der Waals surface area contributed by atoms with Crippen molar-refractivity contribution in [3.8, 4) is 0 Å². The molecule has 0 heterocycles. The first-order valence-electron chi connectivity index (χ1n) is 5.85. The molecule has 3 heteroatoms. The van der Waals surface area contributed by atoms with Crippen LogP contribution in [0.3, 0.4) is 0 Å². The van der Waals surface area contributed by atoms with Crippen LogP contribution < -0.4 is 5.32 Å². The number of aldehydes is 1. The van der Waals surface area contributed by atoms with Gasteiger partial charge in [0.1, 0.15) is 12.1 Å². The summed E-state index contributed by atoms with van der Waals surface area (Å²) < 4.78 is 12.6. The van der Waals surface area contributed by atoms with Gasteiger partial charge in [-0.3, -0.25) is 0 Å². The summed E-state index contributed by atoms with van der Waals surface area (Å²) in [6.45, 7) is 7.84. The number of hydrogen-bond donors (Lipinski definition) is 1. The molecule has 1 aromatic rings. The Bertz CT molecular complexity index is 393. The van der Waals surface area contributed by atoms with Crippen LogP contribution >= 0.6 is 0 Å². The molecule has 0 atom stereocenters. The summed E-state index contributed by atoms with van der Waals surface area (Å²) in [5, 5.41) is 3.03. The fraction of sp³-hybridized carbons (Fsp3) is 0.357. The summed E-state index contributed by atoms with van der Waals surface area (Å²) in [4.78, 5) is 10.8. The smallest absolute Gasteiger partial charge is 0.131 e. The highest BCUT2D eigenvalue weighted by atomic mass is 19.1. The Labute approximate surface area is 102 Å². The standard InChI is InChI=1S/C12H12FNO.C2H6/c1-9(12(8-15)6-7-12)14-11-4-2-10(13)3-5-11;1-2/h2-5,8,14H,1,6-7H2;1-2H3. The van der Waals surface area contributed by atoms with E-state index in [9.17, 15) is 9.18 Å². The Balaban J connectivity index is 0.000000686. The number of nitrogens with one attached hydrogen (secondary N) is 1. The Morgan fingerprint density at radius 3 is 2.29 bits per heavy atom. The molecule has 1 aromatic carbocycles. The fourth-order valence-corrected chi connectivity index (χ4v) is 1.46. The van der Waals surface area contributed by atoms with Crippen molar-refractivity contribution in [2.24, 2.45) is 5.41 Å². The molecule has 17 heavy (non-hydrogen) atoms. The molecule has 0 spiro atoms. The van der Waals surface area contributed by atoms with Crippen molar-refractivity contribution in [3.63, 3.8) is 0 Å². The lowest BCUT2D eigenvalue weighted by Crippen LogP contribution is -2.12. The van der Waals surface area contributed by atoms with Gasteiger partial charge in [0.15, 0.2) is 0 Å². The number of carbonyl (C=O) groups is 1. The highest BCUT2D eigenvalue weighted by molar-refractivity contribution is 5.71. The second kappa shape index (κ2) is 5.62. The number of allylic oxidation sites excluding steroid dienone is 1. The predicted octanol–water partition coefficient (Wildman–Crippen LogP) is 3.76. The summed E-state index contributed by atoms with van der Waals surface area (Å²) in [6.07, 6.45) is 2.64. The van der Waals surface area contributed by atoms with Crippen LogP contribution in [-0.4, -0.2) is 6.29 Å². The zero-order valence-electron chi connectivity index (χ0n) is 10.3. The van der Waals surface area contributed by atoms with Gasteiger partial charge in [-0.05, 0) is 37.1 Å². The maximum Gasteiger partial charge on any atom is 0.131 e. The van der Waals surface area contributed by atoms with Crippen molar-refractivity contribution in [2.45, 2.75) is 26.7 Å². The van der Waals surface area contributed by atoms with Gasteiger partial charge >= 0.3 is 0 Å². The molecule has 0 unspecified atom stereocenters. The number of hydrogen-bond acceptors (Lipinski definition) is 2. The fourth-order valence-electron chi connectivity index (χ4n) is 1.46. The van der Waals surface area contributed by atoms with Crippen LogP contribution in [0.5, 0.6) is 0 Å². The lowest BCUT2D eigenvalue weighted by atomic mass is 10.1. The predicted molar refractivity (Wildman–Crippen MR) is 68.2 cm³/mol. The minimum Gasteiger partial charge on any atom is -0.359 e. The van der Waals surface area contributed by atoms with Gasteiger partial charge in [0.25, 0.3) is 0 Å². The largest absolute Gasteiger partial charge is 0.359 e. The zero-order chi connectivity index (χ0) is 12.9. The Hall–Kier alpha value is -1.64. The van der Waals surface area contributed by atoms with Crippen LogP contribution in [0, 0.1) is 11.2 Å². The quantitative estimate of drug-likeness (QED) is 0.805. The molecule has 0 bridgehead atoms. The number of carbonyl (C=O) groups excluding carboxylic acids is 1. The summed E-state index contributed by atoms with van der Waals surface area (Å²) in [5.74, 6) is -0.275. The first kappa shape index (κ1) is 13.4. The van der Waals surface area contributed by atoms with E-state index in [1.54, 1.807) is 12.1 Å². The second-order valence-electron chi connectivity index (χ2n) is 3.88. The van der Waals surface area contributed by atoms with Crippen LogP contribution in [-0.2, 0) is 4.79 Å². The molecule has 0 radical (unpaired) electrons. The van der Waals surface area contributed by atoms with Gasteiger partial charge < -0.3 is 10.1 Å². The van der Waals surface area contributed by atoms with E-state index in [2.05, 4.69) is 11.9 Å². The Morgan fingerprint density at radius 1 is 1.35 bits per heavy atom. The molecule has 92 valence electrons. The lowest BCUT2D eigenvalue weighted by Gasteiger charge is -2.14. The number of benzene rings is 1. The second-order valence-corrected chi connectivity index (χ2v) is 3.88. The molecule has 2 nitrogen and oxygen atoms in total. The van der Waals surface area contributed by atoms with Crippen molar-refractivity contribution < 1.29 is 9.18 Å². The van der Waals surface area contributed by atoms with E-state index < -0.39 is 0 Å². The first-order chi connectivity index (χ1) is 8.16. The van der Waals surface area contributed by atoms with Gasteiger partial charge in [0, 0.05) is 11.4 Å². The zero-order valence-corrected chi connectivity index (χ0v) is 10.3. The van der Waals surface area contributed by atoms with E-state index in [1.165, 1.54) is 12.1 Å². The molecule has 1 saturated carbocycles. The average molecular weight is 235 g/mol. The topological polar surface area (TPSA) is 29.1 Å². The van der Waals surface area contributed by atoms with E-state index >= 15 is 0 Å².